The number of rotatable bonds is 5. The van der Waals surface area contributed by atoms with Crippen LogP contribution in [0.5, 0.6) is 0 Å². The van der Waals surface area contributed by atoms with Crippen LogP contribution in [0.25, 0.3) is 0 Å². The zero-order valence-corrected chi connectivity index (χ0v) is 13.4. The van der Waals surface area contributed by atoms with E-state index in [0.29, 0.717) is 5.92 Å². The molecule has 1 N–H and O–H groups in total. The second kappa shape index (κ2) is 7.06. The number of benzene rings is 2. The van der Waals surface area contributed by atoms with Crippen molar-refractivity contribution in [3.63, 3.8) is 0 Å². The molecule has 0 aliphatic carbocycles. The average Bonchev–Trinajstić information content (AvgIpc) is 2.43. The second-order valence-corrected chi connectivity index (χ2v) is 6.15. The van der Waals surface area contributed by atoms with Crippen LogP contribution in [0.4, 0.5) is 4.39 Å². The van der Waals surface area contributed by atoms with Gasteiger partial charge in [-0.3, -0.25) is 0 Å². The molecule has 112 valence electrons. The molecule has 1 unspecified atom stereocenters. The molecule has 0 saturated carbocycles. The highest BCUT2D eigenvalue weighted by molar-refractivity contribution is 6.30. The Morgan fingerprint density at radius 1 is 1.10 bits per heavy atom. The molecule has 21 heavy (non-hydrogen) atoms. The van der Waals surface area contributed by atoms with Crippen molar-refractivity contribution in [1.29, 1.82) is 0 Å². The van der Waals surface area contributed by atoms with Crippen molar-refractivity contribution >= 4 is 11.6 Å². The molecule has 3 heteroatoms. The van der Waals surface area contributed by atoms with Gasteiger partial charge in [-0.25, -0.2) is 4.39 Å². The highest BCUT2D eigenvalue weighted by Crippen LogP contribution is 2.26. The molecule has 0 amide bonds. The Morgan fingerprint density at radius 3 is 2.43 bits per heavy atom. The summed E-state index contributed by atoms with van der Waals surface area (Å²) in [6.07, 6.45) is 1.04. The van der Waals surface area contributed by atoms with E-state index in [4.69, 9.17) is 11.6 Å². The Labute approximate surface area is 131 Å². The normalized spacial score (nSPS) is 12.7. The smallest absolute Gasteiger partial charge is 0.142 e. The third-order valence-electron chi connectivity index (χ3n) is 3.49. The lowest BCUT2D eigenvalue weighted by Gasteiger charge is -2.19. The average molecular weight is 306 g/mol. The molecular weight excluding hydrogens is 285 g/mol. The van der Waals surface area contributed by atoms with Gasteiger partial charge in [-0.2, -0.15) is 0 Å². The van der Waals surface area contributed by atoms with E-state index in [9.17, 15) is 4.39 Å². The molecule has 0 radical (unpaired) electrons. The molecule has 0 aliphatic heterocycles. The zero-order valence-electron chi connectivity index (χ0n) is 12.7. The van der Waals surface area contributed by atoms with Gasteiger partial charge in [-0.1, -0.05) is 55.8 Å². The molecule has 0 saturated heterocycles. The van der Waals surface area contributed by atoms with Crippen LogP contribution >= 0.6 is 11.6 Å². The third-order valence-corrected chi connectivity index (χ3v) is 3.80. The largest absolute Gasteiger partial charge is 0.309 e. The van der Waals surface area contributed by atoms with Crippen LogP contribution in [0.2, 0.25) is 5.02 Å². The summed E-state index contributed by atoms with van der Waals surface area (Å²) < 4.78 is 13.7. The summed E-state index contributed by atoms with van der Waals surface area (Å²) in [5, 5.41) is 3.41. The topological polar surface area (TPSA) is 12.0 Å². The summed E-state index contributed by atoms with van der Waals surface area (Å²) in [6.45, 7) is 4.41. The van der Waals surface area contributed by atoms with Crippen LogP contribution in [0.15, 0.2) is 42.5 Å². The number of halogens is 2. The molecule has 0 aliphatic rings. The Balaban J connectivity index is 2.34. The monoisotopic (exact) mass is 305 g/mol. The number of nitrogens with one attached hydrogen (secondary N) is 1. The number of hydrogen-bond donors (Lipinski definition) is 1. The highest BCUT2D eigenvalue weighted by atomic mass is 35.5. The maximum atomic E-state index is 13.7. The molecule has 2 aromatic carbocycles. The SMILES string of the molecule is CNC(c1cccc(CC(C)C)c1)c1ccc(Cl)c(F)c1. The van der Waals surface area contributed by atoms with Crippen LogP contribution in [-0.4, -0.2) is 7.05 Å². The predicted molar refractivity (Wildman–Crippen MR) is 87.3 cm³/mol. The summed E-state index contributed by atoms with van der Waals surface area (Å²) in [6, 6.07) is 13.4. The molecule has 2 rings (SSSR count). The van der Waals surface area contributed by atoms with Crippen LogP contribution in [0.1, 0.15) is 36.6 Å². The minimum absolute atomic E-state index is 0.0381. The van der Waals surface area contributed by atoms with Crippen LogP contribution in [0, 0.1) is 11.7 Å². The van der Waals surface area contributed by atoms with Crippen LogP contribution in [-0.2, 0) is 6.42 Å². The predicted octanol–water partition coefficient (Wildman–Crippen LogP) is 4.99. The van der Waals surface area contributed by atoms with E-state index in [-0.39, 0.29) is 16.9 Å². The molecule has 0 spiro atoms. The molecule has 0 bridgehead atoms. The van der Waals surface area contributed by atoms with Crippen molar-refractivity contribution in [3.05, 3.63) is 70.0 Å². The molecule has 0 heterocycles. The lowest BCUT2D eigenvalue weighted by atomic mass is 9.94. The van der Waals surface area contributed by atoms with Gasteiger partial charge in [0, 0.05) is 0 Å². The lowest BCUT2D eigenvalue weighted by molar-refractivity contribution is 0.616. The summed E-state index contributed by atoms with van der Waals surface area (Å²) in [7, 11) is 1.88. The second-order valence-electron chi connectivity index (χ2n) is 5.74. The van der Waals surface area contributed by atoms with E-state index in [1.54, 1.807) is 6.07 Å². The minimum Gasteiger partial charge on any atom is -0.309 e. The van der Waals surface area contributed by atoms with E-state index in [1.807, 2.05) is 13.1 Å². The Hall–Kier alpha value is -1.38. The Kier molecular flexibility index (Phi) is 5.38. The van der Waals surface area contributed by atoms with Crippen molar-refractivity contribution in [2.24, 2.45) is 5.92 Å². The van der Waals surface area contributed by atoms with Crippen molar-refractivity contribution in [3.8, 4) is 0 Å². The zero-order chi connectivity index (χ0) is 15.4. The van der Waals surface area contributed by atoms with Gasteiger partial charge in [-0.15, -0.1) is 0 Å². The van der Waals surface area contributed by atoms with Gasteiger partial charge < -0.3 is 5.32 Å². The van der Waals surface area contributed by atoms with E-state index >= 15 is 0 Å². The first-order chi connectivity index (χ1) is 10.0. The van der Waals surface area contributed by atoms with E-state index < -0.39 is 0 Å². The fourth-order valence-electron chi connectivity index (χ4n) is 2.59. The molecule has 1 nitrogen and oxygen atoms in total. The van der Waals surface area contributed by atoms with Crippen molar-refractivity contribution in [1.82, 2.24) is 5.32 Å². The molecule has 2 aromatic rings. The van der Waals surface area contributed by atoms with E-state index in [1.165, 1.54) is 11.6 Å². The standard InChI is InChI=1S/C18H21ClFN/c1-12(2)9-13-5-4-6-14(10-13)18(21-3)15-7-8-16(19)17(20)11-15/h4-8,10-12,18,21H,9H2,1-3H3. The Bertz CT molecular complexity index is 610. The van der Waals surface area contributed by atoms with Gasteiger partial charge in [0.2, 0.25) is 0 Å². The van der Waals surface area contributed by atoms with Gasteiger partial charge in [0.25, 0.3) is 0 Å². The van der Waals surface area contributed by atoms with Gasteiger partial charge >= 0.3 is 0 Å². The first-order valence-electron chi connectivity index (χ1n) is 7.22. The fraction of sp³-hybridized carbons (Fsp3) is 0.333. The summed E-state index contributed by atoms with van der Waals surface area (Å²) in [5.41, 5.74) is 3.32. The van der Waals surface area contributed by atoms with Crippen LogP contribution in [0.3, 0.4) is 0 Å². The van der Waals surface area contributed by atoms with Crippen LogP contribution < -0.4 is 5.32 Å². The lowest BCUT2D eigenvalue weighted by Crippen LogP contribution is -2.18. The summed E-state index contributed by atoms with van der Waals surface area (Å²) in [4.78, 5) is 0. The summed E-state index contributed by atoms with van der Waals surface area (Å²) >= 11 is 5.76. The summed E-state index contributed by atoms with van der Waals surface area (Å²) in [5.74, 6) is 0.231. The van der Waals surface area contributed by atoms with Gasteiger partial charge in [0.15, 0.2) is 0 Å². The highest BCUT2D eigenvalue weighted by Gasteiger charge is 2.14. The maximum absolute atomic E-state index is 13.7. The first kappa shape index (κ1) is 16.0. The van der Waals surface area contributed by atoms with E-state index in [0.717, 1.165) is 17.5 Å². The third kappa shape index (κ3) is 4.05. The quantitative estimate of drug-likeness (QED) is 0.821. The molecule has 0 aromatic heterocycles. The van der Waals surface area contributed by atoms with Crippen molar-refractivity contribution in [2.75, 3.05) is 7.05 Å². The van der Waals surface area contributed by atoms with E-state index in [2.05, 4.69) is 43.4 Å². The Morgan fingerprint density at radius 2 is 1.81 bits per heavy atom. The van der Waals surface area contributed by atoms with Crippen molar-refractivity contribution < 1.29 is 4.39 Å². The van der Waals surface area contributed by atoms with Gasteiger partial charge in [-0.05, 0) is 48.2 Å². The van der Waals surface area contributed by atoms with Gasteiger partial charge in [0.05, 0.1) is 11.1 Å². The van der Waals surface area contributed by atoms with Gasteiger partial charge in [0.1, 0.15) is 5.82 Å². The van der Waals surface area contributed by atoms with Crippen molar-refractivity contribution in [2.45, 2.75) is 26.3 Å². The maximum Gasteiger partial charge on any atom is 0.142 e. The minimum atomic E-state index is -0.382. The molecule has 1 atom stereocenters. The molecular formula is C18H21ClFN. The molecule has 0 fully saturated rings. The first-order valence-corrected chi connectivity index (χ1v) is 7.60. The fourth-order valence-corrected chi connectivity index (χ4v) is 2.71. The number of hydrogen-bond acceptors (Lipinski definition) is 1.